The number of amides is 2. The van der Waals surface area contributed by atoms with Crippen LogP contribution >= 0.6 is 38.5 Å². The first-order valence-corrected chi connectivity index (χ1v) is 7.58. The number of rotatable bonds is 6. The number of carboxylic acid groups (broad SMARTS) is 1. The molecule has 7 heteroatoms. The fourth-order valence-corrected chi connectivity index (χ4v) is 2.07. The van der Waals surface area contributed by atoms with E-state index in [2.05, 4.69) is 49.2 Å². The highest BCUT2D eigenvalue weighted by atomic mass is 127. The molecule has 2 amide bonds. The van der Waals surface area contributed by atoms with Crippen molar-refractivity contribution in [2.24, 2.45) is 0 Å². The van der Waals surface area contributed by atoms with Crippen LogP contribution in [0.4, 0.5) is 10.5 Å². The quantitative estimate of drug-likeness (QED) is 0.468. The van der Waals surface area contributed by atoms with Gasteiger partial charge in [0.15, 0.2) is 0 Å². The summed E-state index contributed by atoms with van der Waals surface area (Å²) in [7, 11) is 0. The Labute approximate surface area is 133 Å². The first-order chi connectivity index (χ1) is 8.99. The topological polar surface area (TPSA) is 78.4 Å². The zero-order valence-electron chi connectivity index (χ0n) is 10.1. The van der Waals surface area contributed by atoms with Gasteiger partial charge in [-0.1, -0.05) is 0 Å². The Kier molecular flexibility index (Phi) is 7.14. The van der Waals surface area contributed by atoms with Crippen molar-refractivity contribution >= 4 is 56.2 Å². The van der Waals surface area contributed by atoms with Crippen LogP contribution < -0.4 is 10.6 Å². The molecular formula is C12H14BrIN2O3. The van der Waals surface area contributed by atoms with Crippen LogP contribution in [0.2, 0.25) is 0 Å². The second-order valence-corrected chi connectivity index (χ2v) is 5.88. The van der Waals surface area contributed by atoms with Gasteiger partial charge >= 0.3 is 12.0 Å². The lowest BCUT2D eigenvalue weighted by molar-refractivity contribution is -0.137. The highest BCUT2D eigenvalue weighted by molar-refractivity contribution is 14.1. The zero-order chi connectivity index (χ0) is 14.3. The molecule has 1 rings (SSSR count). The number of nitrogens with one attached hydrogen (secondary N) is 2. The number of benzene rings is 1. The molecule has 1 aromatic rings. The van der Waals surface area contributed by atoms with Crippen molar-refractivity contribution in [3.05, 3.63) is 26.2 Å². The highest BCUT2D eigenvalue weighted by Crippen LogP contribution is 2.22. The van der Waals surface area contributed by atoms with E-state index in [-0.39, 0.29) is 12.5 Å². The minimum atomic E-state index is -0.812. The zero-order valence-corrected chi connectivity index (χ0v) is 13.8. The predicted molar refractivity (Wildman–Crippen MR) is 85.4 cm³/mol. The molecule has 0 bridgehead atoms. The van der Waals surface area contributed by atoms with Crippen LogP contribution in [0.15, 0.2) is 22.7 Å². The van der Waals surface area contributed by atoms with Crippen LogP contribution in [-0.2, 0) is 4.79 Å². The molecule has 0 atom stereocenters. The summed E-state index contributed by atoms with van der Waals surface area (Å²) in [6.07, 6.45) is 1.34. The summed E-state index contributed by atoms with van der Waals surface area (Å²) in [5, 5.41) is 13.8. The number of unbranched alkanes of at least 4 members (excludes halogenated alkanes) is 1. The van der Waals surface area contributed by atoms with Gasteiger partial charge in [0.05, 0.1) is 0 Å². The number of urea groups is 1. The molecular weight excluding hydrogens is 427 g/mol. The van der Waals surface area contributed by atoms with Crippen molar-refractivity contribution in [2.75, 3.05) is 11.9 Å². The molecule has 0 aliphatic heterocycles. The third-order valence-electron chi connectivity index (χ3n) is 2.28. The number of carbonyl (C=O) groups excluding carboxylic acids is 1. The average molecular weight is 441 g/mol. The van der Waals surface area contributed by atoms with Gasteiger partial charge in [-0.3, -0.25) is 4.79 Å². The van der Waals surface area contributed by atoms with Gasteiger partial charge in [-0.25, -0.2) is 4.79 Å². The fraction of sp³-hybridized carbons (Fsp3) is 0.333. The number of hydrogen-bond acceptors (Lipinski definition) is 2. The van der Waals surface area contributed by atoms with E-state index in [0.717, 1.165) is 8.04 Å². The van der Waals surface area contributed by atoms with Crippen molar-refractivity contribution in [3.8, 4) is 0 Å². The molecule has 0 aliphatic carbocycles. The summed E-state index contributed by atoms with van der Waals surface area (Å²) < 4.78 is 1.99. The summed E-state index contributed by atoms with van der Waals surface area (Å²) in [6, 6.07) is 5.25. The van der Waals surface area contributed by atoms with Gasteiger partial charge in [-0.05, 0) is 69.6 Å². The van der Waals surface area contributed by atoms with Gasteiger partial charge in [0, 0.05) is 26.7 Å². The Hall–Kier alpha value is -0.830. The van der Waals surface area contributed by atoms with Crippen molar-refractivity contribution in [2.45, 2.75) is 19.3 Å². The average Bonchev–Trinajstić information content (AvgIpc) is 2.33. The number of aliphatic carboxylic acids is 1. The molecule has 0 fully saturated rings. The molecule has 0 aromatic heterocycles. The molecule has 3 N–H and O–H groups in total. The SMILES string of the molecule is O=C(O)CCCCNC(=O)Nc1ccc(I)c(Br)c1. The lowest BCUT2D eigenvalue weighted by Gasteiger charge is -2.08. The van der Waals surface area contributed by atoms with Crippen molar-refractivity contribution in [1.82, 2.24) is 5.32 Å². The Morgan fingerprint density at radius 2 is 2.05 bits per heavy atom. The van der Waals surface area contributed by atoms with Crippen LogP contribution in [0.1, 0.15) is 19.3 Å². The van der Waals surface area contributed by atoms with E-state index in [4.69, 9.17) is 5.11 Å². The molecule has 104 valence electrons. The van der Waals surface area contributed by atoms with Crippen molar-refractivity contribution in [3.63, 3.8) is 0 Å². The fourth-order valence-electron chi connectivity index (χ4n) is 1.35. The molecule has 5 nitrogen and oxygen atoms in total. The second-order valence-electron chi connectivity index (χ2n) is 3.86. The van der Waals surface area contributed by atoms with E-state index in [1.807, 2.05) is 18.2 Å². The van der Waals surface area contributed by atoms with E-state index < -0.39 is 5.97 Å². The summed E-state index contributed by atoms with van der Waals surface area (Å²) >= 11 is 5.58. The van der Waals surface area contributed by atoms with Crippen LogP contribution in [0, 0.1) is 3.57 Å². The Bertz CT molecular complexity index is 468. The first-order valence-electron chi connectivity index (χ1n) is 5.70. The van der Waals surface area contributed by atoms with Crippen LogP contribution in [0.25, 0.3) is 0 Å². The number of halogens is 2. The molecule has 19 heavy (non-hydrogen) atoms. The maximum absolute atomic E-state index is 11.5. The van der Waals surface area contributed by atoms with Crippen molar-refractivity contribution < 1.29 is 14.7 Å². The van der Waals surface area contributed by atoms with Gasteiger partial charge in [-0.2, -0.15) is 0 Å². The molecule has 0 heterocycles. The summed E-state index contributed by atoms with van der Waals surface area (Å²) in [6.45, 7) is 0.463. The lowest BCUT2D eigenvalue weighted by atomic mass is 10.2. The highest BCUT2D eigenvalue weighted by Gasteiger charge is 2.03. The maximum atomic E-state index is 11.5. The third-order valence-corrected chi connectivity index (χ3v) is 4.62. The molecule has 1 aromatic carbocycles. The molecule has 0 radical (unpaired) electrons. The molecule has 0 aliphatic rings. The number of hydrogen-bond donors (Lipinski definition) is 3. The normalized spacial score (nSPS) is 10.0. The Morgan fingerprint density at radius 3 is 2.68 bits per heavy atom. The van der Waals surface area contributed by atoms with Crippen LogP contribution in [-0.4, -0.2) is 23.7 Å². The van der Waals surface area contributed by atoms with Crippen molar-refractivity contribution in [1.29, 1.82) is 0 Å². The monoisotopic (exact) mass is 440 g/mol. The van der Waals surface area contributed by atoms with Gasteiger partial charge in [-0.15, -0.1) is 0 Å². The number of carboxylic acids is 1. The van der Waals surface area contributed by atoms with E-state index in [1.54, 1.807) is 0 Å². The van der Waals surface area contributed by atoms with E-state index in [0.29, 0.717) is 25.1 Å². The van der Waals surface area contributed by atoms with E-state index >= 15 is 0 Å². The summed E-state index contributed by atoms with van der Waals surface area (Å²) in [5.74, 6) is -0.812. The second kappa shape index (κ2) is 8.36. The minimum absolute atomic E-state index is 0.132. The smallest absolute Gasteiger partial charge is 0.319 e. The first kappa shape index (κ1) is 16.2. The molecule has 0 saturated heterocycles. The lowest BCUT2D eigenvalue weighted by Crippen LogP contribution is -2.29. The van der Waals surface area contributed by atoms with E-state index in [9.17, 15) is 9.59 Å². The third kappa shape index (κ3) is 6.76. The van der Waals surface area contributed by atoms with E-state index in [1.165, 1.54) is 0 Å². The molecule has 0 spiro atoms. The Balaban J connectivity index is 2.27. The predicted octanol–water partition coefficient (Wildman–Crippen LogP) is 3.43. The largest absolute Gasteiger partial charge is 0.481 e. The van der Waals surface area contributed by atoms with Gasteiger partial charge in [0.1, 0.15) is 0 Å². The molecule has 0 unspecified atom stereocenters. The number of anilines is 1. The number of carbonyl (C=O) groups is 2. The maximum Gasteiger partial charge on any atom is 0.319 e. The minimum Gasteiger partial charge on any atom is -0.481 e. The summed E-state index contributed by atoms with van der Waals surface area (Å²) in [4.78, 5) is 21.8. The van der Waals surface area contributed by atoms with Gasteiger partial charge in [0.25, 0.3) is 0 Å². The summed E-state index contributed by atoms with van der Waals surface area (Å²) in [5.41, 5.74) is 0.704. The van der Waals surface area contributed by atoms with Gasteiger partial charge < -0.3 is 15.7 Å². The van der Waals surface area contributed by atoms with Gasteiger partial charge in [0.2, 0.25) is 0 Å². The Morgan fingerprint density at radius 1 is 1.32 bits per heavy atom. The standard InChI is InChI=1S/C12H14BrIN2O3/c13-9-7-8(4-5-10(9)14)16-12(19)15-6-2-1-3-11(17)18/h4-5,7H,1-3,6H2,(H,17,18)(H2,15,16,19). The molecule has 0 saturated carbocycles. The van der Waals surface area contributed by atoms with Crippen LogP contribution in [0.3, 0.4) is 0 Å². The van der Waals surface area contributed by atoms with Crippen LogP contribution in [0.5, 0.6) is 0 Å².